The lowest BCUT2D eigenvalue weighted by atomic mass is 10.0. The molecule has 5 nitrogen and oxygen atoms in total. The SMILES string of the molecule is O=C(Cc1cccs1)NCc1ccc(C2=NOC(O)(C(F)(F)F)C2)cc1. The monoisotopic (exact) mass is 384 g/mol. The van der Waals surface area contributed by atoms with Crippen LogP contribution in [0.4, 0.5) is 13.2 Å². The van der Waals surface area contributed by atoms with Gasteiger partial charge in [0.15, 0.2) is 0 Å². The highest BCUT2D eigenvalue weighted by Gasteiger charge is 2.60. The van der Waals surface area contributed by atoms with Crippen molar-refractivity contribution < 1.29 is 27.9 Å². The number of halogens is 3. The van der Waals surface area contributed by atoms with Crippen LogP contribution >= 0.6 is 11.3 Å². The van der Waals surface area contributed by atoms with Crippen LogP contribution in [0.5, 0.6) is 0 Å². The Morgan fingerprint density at radius 3 is 2.62 bits per heavy atom. The van der Waals surface area contributed by atoms with Crippen molar-refractivity contribution >= 4 is 23.0 Å². The zero-order valence-electron chi connectivity index (χ0n) is 13.4. The molecule has 0 radical (unpaired) electrons. The van der Waals surface area contributed by atoms with Crippen LogP contribution < -0.4 is 5.32 Å². The van der Waals surface area contributed by atoms with Gasteiger partial charge in [-0.05, 0) is 22.6 Å². The fourth-order valence-corrected chi connectivity index (χ4v) is 3.08. The first-order valence-corrected chi connectivity index (χ1v) is 8.57. The second-order valence-corrected chi connectivity index (χ2v) is 6.85. The van der Waals surface area contributed by atoms with Crippen LogP contribution in [0.2, 0.25) is 0 Å². The van der Waals surface area contributed by atoms with Crippen LogP contribution in [-0.2, 0) is 22.6 Å². The molecule has 3 rings (SSSR count). The molecule has 0 saturated carbocycles. The quantitative estimate of drug-likeness (QED) is 0.833. The molecule has 2 aromatic rings. The first kappa shape index (κ1) is 18.4. The third kappa shape index (κ3) is 4.05. The molecule has 1 aromatic heterocycles. The minimum Gasteiger partial charge on any atom is -0.352 e. The predicted molar refractivity (Wildman–Crippen MR) is 89.6 cm³/mol. The molecule has 2 N–H and O–H groups in total. The molecule has 0 aliphatic carbocycles. The molecule has 2 heterocycles. The first-order chi connectivity index (χ1) is 12.3. The molecule has 1 aromatic carbocycles. The van der Waals surface area contributed by atoms with E-state index in [1.165, 1.54) is 11.3 Å². The summed E-state index contributed by atoms with van der Waals surface area (Å²) in [4.78, 5) is 17.0. The van der Waals surface area contributed by atoms with Gasteiger partial charge in [0.2, 0.25) is 5.91 Å². The highest BCUT2D eigenvalue weighted by molar-refractivity contribution is 7.10. The summed E-state index contributed by atoms with van der Waals surface area (Å²) in [6.07, 6.45) is -5.39. The summed E-state index contributed by atoms with van der Waals surface area (Å²) in [6.45, 7) is 0.306. The smallest absolute Gasteiger partial charge is 0.352 e. The number of carbonyl (C=O) groups is 1. The van der Waals surface area contributed by atoms with E-state index in [0.717, 1.165) is 10.4 Å². The zero-order chi connectivity index (χ0) is 18.8. The molecule has 1 atom stereocenters. The van der Waals surface area contributed by atoms with Crippen molar-refractivity contribution in [2.45, 2.75) is 31.3 Å². The number of hydrogen-bond acceptors (Lipinski definition) is 5. The summed E-state index contributed by atoms with van der Waals surface area (Å²) < 4.78 is 38.2. The Kier molecular flexibility index (Phi) is 5.01. The highest BCUT2D eigenvalue weighted by atomic mass is 32.1. The normalized spacial score (nSPS) is 19.8. The van der Waals surface area contributed by atoms with Gasteiger partial charge in [-0.1, -0.05) is 35.5 Å². The minimum absolute atomic E-state index is 0.0121. The fraction of sp³-hybridized carbons (Fsp3) is 0.294. The van der Waals surface area contributed by atoms with E-state index in [-0.39, 0.29) is 11.6 Å². The summed E-state index contributed by atoms with van der Waals surface area (Å²) in [5.41, 5.74) is 1.22. The molecular formula is C17H15F3N2O3S. The van der Waals surface area contributed by atoms with E-state index >= 15 is 0 Å². The van der Waals surface area contributed by atoms with Gasteiger partial charge in [-0.15, -0.1) is 11.3 Å². The van der Waals surface area contributed by atoms with E-state index < -0.39 is 18.4 Å². The molecule has 1 aliphatic heterocycles. The Labute approximate surface area is 151 Å². The molecule has 0 spiro atoms. The highest BCUT2D eigenvalue weighted by Crippen LogP contribution is 2.38. The maximum Gasteiger partial charge on any atom is 0.458 e. The Hall–Kier alpha value is -2.39. The average Bonchev–Trinajstić information content (AvgIpc) is 3.23. The Morgan fingerprint density at radius 2 is 2.04 bits per heavy atom. The van der Waals surface area contributed by atoms with Gasteiger partial charge in [0.25, 0.3) is 0 Å². The van der Waals surface area contributed by atoms with Gasteiger partial charge in [0, 0.05) is 11.4 Å². The van der Waals surface area contributed by atoms with Crippen LogP contribution in [0.15, 0.2) is 46.9 Å². The number of benzene rings is 1. The second kappa shape index (κ2) is 7.08. The number of oxime groups is 1. The lowest BCUT2D eigenvalue weighted by Gasteiger charge is -2.22. The lowest BCUT2D eigenvalue weighted by molar-refractivity contribution is -0.355. The van der Waals surface area contributed by atoms with Crippen LogP contribution in [0.1, 0.15) is 22.4 Å². The van der Waals surface area contributed by atoms with Crippen LogP contribution in [-0.4, -0.2) is 28.7 Å². The summed E-state index contributed by atoms with van der Waals surface area (Å²) in [5, 5.41) is 17.5. The van der Waals surface area contributed by atoms with Crippen molar-refractivity contribution in [3.8, 4) is 0 Å². The fourth-order valence-electron chi connectivity index (χ4n) is 2.38. The number of amides is 1. The van der Waals surface area contributed by atoms with Crippen molar-refractivity contribution in [2.75, 3.05) is 0 Å². The first-order valence-electron chi connectivity index (χ1n) is 7.69. The van der Waals surface area contributed by atoms with Gasteiger partial charge in [0.05, 0.1) is 18.6 Å². The Bertz CT molecular complexity index is 804. The van der Waals surface area contributed by atoms with E-state index in [0.29, 0.717) is 18.5 Å². The molecule has 26 heavy (non-hydrogen) atoms. The summed E-state index contributed by atoms with van der Waals surface area (Å²) in [5.74, 6) is -3.39. The van der Waals surface area contributed by atoms with Gasteiger partial charge in [-0.25, -0.2) is 0 Å². The van der Waals surface area contributed by atoms with Crippen molar-refractivity contribution in [1.82, 2.24) is 5.32 Å². The molecule has 9 heteroatoms. The van der Waals surface area contributed by atoms with Gasteiger partial charge >= 0.3 is 12.0 Å². The summed E-state index contributed by atoms with van der Waals surface area (Å²) in [7, 11) is 0. The largest absolute Gasteiger partial charge is 0.458 e. The second-order valence-electron chi connectivity index (χ2n) is 5.82. The molecule has 0 fully saturated rings. The molecular weight excluding hydrogens is 369 g/mol. The number of alkyl halides is 3. The van der Waals surface area contributed by atoms with Crippen LogP contribution in [0.25, 0.3) is 0 Å². The predicted octanol–water partition coefficient (Wildman–Crippen LogP) is 2.98. The van der Waals surface area contributed by atoms with Crippen LogP contribution in [0, 0.1) is 0 Å². The maximum absolute atomic E-state index is 12.7. The van der Waals surface area contributed by atoms with Crippen molar-refractivity contribution in [1.29, 1.82) is 0 Å². The average molecular weight is 384 g/mol. The number of thiophene rings is 1. The molecule has 0 bridgehead atoms. The Balaban J connectivity index is 1.55. The lowest BCUT2D eigenvalue weighted by Crippen LogP contribution is -2.45. The number of hydrogen-bond donors (Lipinski definition) is 2. The Morgan fingerprint density at radius 1 is 1.31 bits per heavy atom. The molecule has 1 amide bonds. The van der Waals surface area contributed by atoms with Gasteiger partial charge < -0.3 is 15.3 Å². The number of carbonyl (C=O) groups excluding carboxylic acids is 1. The number of nitrogens with zero attached hydrogens (tertiary/aromatic N) is 1. The molecule has 0 saturated heterocycles. The molecule has 1 unspecified atom stereocenters. The molecule has 138 valence electrons. The zero-order valence-corrected chi connectivity index (χ0v) is 14.2. The van der Waals surface area contributed by atoms with Gasteiger partial charge in [-0.3, -0.25) is 4.79 Å². The van der Waals surface area contributed by atoms with E-state index in [1.54, 1.807) is 24.3 Å². The van der Waals surface area contributed by atoms with Gasteiger partial charge in [0.1, 0.15) is 0 Å². The third-order valence-corrected chi connectivity index (χ3v) is 4.72. The number of rotatable bonds is 5. The van der Waals surface area contributed by atoms with E-state index in [4.69, 9.17) is 0 Å². The number of aliphatic hydroxyl groups is 1. The van der Waals surface area contributed by atoms with Crippen LogP contribution in [0.3, 0.4) is 0 Å². The molecule has 1 aliphatic rings. The summed E-state index contributed by atoms with van der Waals surface area (Å²) >= 11 is 1.50. The van der Waals surface area contributed by atoms with E-state index in [1.807, 2.05) is 17.5 Å². The minimum atomic E-state index is -4.93. The summed E-state index contributed by atoms with van der Waals surface area (Å²) in [6, 6.07) is 10.3. The number of nitrogens with one attached hydrogen (secondary N) is 1. The van der Waals surface area contributed by atoms with E-state index in [2.05, 4.69) is 15.3 Å². The topological polar surface area (TPSA) is 70.9 Å². The third-order valence-electron chi connectivity index (χ3n) is 3.85. The van der Waals surface area contributed by atoms with E-state index in [9.17, 15) is 23.1 Å². The van der Waals surface area contributed by atoms with Crippen molar-refractivity contribution in [2.24, 2.45) is 5.16 Å². The standard InChI is InChI=1S/C17H15F3N2O3S/c18-17(19,20)16(24)9-14(22-25-16)12-5-3-11(4-6-12)10-21-15(23)8-13-2-1-7-26-13/h1-7,24H,8-10H2,(H,21,23). The van der Waals surface area contributed by atoms with Gasteiger partial charge in [-0.2, -0.15) is 13.2 Å². The van der Waals surface area contributed by atoms with Crippen molar-refractivity contribution in [3.05, 3.63) is 57.8 Å². The maximum atomic E-state index is 12.7. The van der Waals surface area contributed by atoms with Crippen molar-refractivity contribution in [3.63, 3.8) is 0 Å².